The Bertz CT molecular complexity index is 874. The molecule has 0 atom stereocenters. The number of aromatic carboxylic acids is 1. The van der Waals surface area contributed by atoms with E-state index in [2.05, 4.69) is 5.32 Å². The maximum absolute atomic E-state index is 14.2. The van der Waals surface area contributed by atoms with Crippen molar-refractivity contribution in [2.45, 2.75) is 33.3 Å². The average Bonchev–Trinajstić information content (AvgIpc) is 2.59. The van der Waals surface area contributed by atoms with Crippen LogP contribution in [0.5, 0.6) is 5.75 Å². The molecule has 150 valence electrons. The molecule has 6 nitrogen and oxygen atoms in total. The van der Waals surface area contributed by atoms with Crippen molar-refractivity contribution in [2.24, 2.45) is 0 Å². The van der Waals surface area contributed by atoms with Crippen molar-refractivity contribution in [1.82, 2.24) is 5.32 Å². The lowest BCUT2D eigenvalue weighted by atomic mass is 10.0. The van der Waals surface area contributed by atoms with Crippen molar-refractivity contribution in [1.29, 1.82) is 0 Å². The third kappa shape index (κ3) is 6.26. The van der Waals surface area contributed by atoms with Gasteiger partial charge in [0, 0.05) is 5.56 Å². The molecule has 0 heterocycles. The molecule has 0 aliphatic rings. The number of nitrogens with one attached hydrogen (secondary N) is 1. The van der Waals surface area contributed by atoms with E-state index in [1.165, 1.54) is 18.2 Å². The van der Waals surface area contributed by atoms with Crippen LogP contribution in [-0.4, -0.2) is 35.9 Å². The minimum Gasteiger partial charge on any atom is -0.492 e. The molecule has 1 amide bonds. The zero-order valence-electron chi connectivity index (χ0n) is 16.3. The number of halogens is 1. The van der Waals surface area contributed by atoms with Crippen LogP contribution in [0, 0.1) is 12.7 Å². The first-order valence-electron chi connectivity index (χ1n) is 8.80. The second-order valence-electron chi connectivity index (χ2n) is 7.31. The van der Waals surface area contributed by atoms with Crippen LogP contribution in [0.25, 0.3) is 11.1 Å². The van der Waals surface area contributed by atoms with Gasteiger partial charge in [0.15, 0.2) is 0 Å². The van der Waals surface area contributed by atoms with Crippen LogP contribution in [-0.2, 0) is 4.74 Å². The summed E-state index contributed by atoms with van der Waals surface area (Å²) in [6.45, 7) is 7.35. The molecule has 0 spiro atoms. The van der Waals surface area contributed by atoms with Gasteiger partial charge in [0.1, 0.15) is 23.8 Å². The van der Waals surface area contributed by atoms with E-state index in [1.54, 1.807) is 39.0 Å². The minimum atomic E-state index is -1.15. The van der Waals surface area contributed by atoms with Crippen molar-refractivity contribution in [2.75, 3.05) is 13.2 Å². The molecule has 0 aromatic heterocycles. The number of carboxylic acid groups (broad SMARTS) is 1. The van der Waals surface area contributed by atoms with E-state index in [4.69, 9.17) is 9.47 Å². The lowest BCUT2D eigenvalue weighted by Gasteiger charge is -2.19. The number of rotatable bonds is 6. The Morgan fingerprint density at radius 1 is 1.14 bits per heavy atom. The molecule has 28 heavy (non-hydrogen) atoms. The molecule has 0 saturated heterocycles. The summed E-state index contributed by atoms with van der Waals surface area (Å²) in [4.78, 5) is 23.0. The van der Waals surface area contributed by atoms with Crippen molar-refractivity contribution in [3.8, 4) is 16.9 Å². The predicted molar refractivity (Wildman–Crippen MR) is 103 cm³/mol. The second-order valence-corrected chi connectivity index (χ2v) is 7.31. The Kier molecular flexibility index (Phi) is 6.62. The molecule has 0 unspecified atom stereocenters. The molecule has 2 rings (SSSR count). The summed E-state index contributed by atoms with van der Waals surface area (Å²) >= 11 is 0. The largest absolute Gasteiger partial charge is 0.492 e. The van der Waals surface area contributed by atoms with Gasteiger partial charge in [-0.1, -0.05) is 11.6 Å². The lowest BCUT2D eigenvalue weighted by Crippen LogP contribution is -2.34. The number of hydrogen-bond donors (Lipinski definition) is 2. The summed E-state index contributed by atoms with van der Waals surface area (Å²) in [5, 5.41) is 11.9. The molecule has 0 saturated carbocycles. The van der Waals surface area contributed by atoms with Crippen LogP contribution in [0.15, 0.2) is 36.4 Å². The van der Waals surface area contributed by atoms with Crippen LogP contribution in [0.3, 0.4) is 0 Å². The standard InChI is InChI=1S/C21H24FNO5/c1-13-5-6-18(22)17(9-13)14-10-15(19(24)25)12-16(11-14)27-8-7-23-20(26)28-21(2,3)4/h5-6,9-12H,7-8H2,1-4H3,(H,23,26)(H,24,25). The SMILES string of the molecule is Cc1ccc(F)c(-c2cc(OCCNC(=O)OC(C)(C)C)cc(C(=O)O)c2)c1. The number of carboxylic acids is 1. The number of ether oxygens (including phenoxy) is 2. The zero-order chi connectivity index (χ0) is 20.9. The van der Waals surface area contributed by atoms with Crippen molar-refractivity contribution >= 4 is 12.1 Å². The molecular formula is C21H24FNO5. The highest BCUT2D eigenvalue weighted by molar-refractivity contribution is 5.90. The fraction of sp³-hybridized carbons (Fsp3) is 0.333. The summed E-state index contributed by atoms with van der Waals surface area (Å²) in [5.74, 6) is -1.33. The van der Waals surface area contributed by atoms with E-state index in [0.717, 1.165) is 5.56 Å². The van der Waals surface area contributed by atoms with E-state index in [1.807, 2.05) is 6.92 Å². The minimum absolute atomic E-state index is 0.0199. The summed E-state index contributed by atoms with van der Waals surface area (Å²) in [6.07, 6.45) is -0.571. The van der Waals surface area contributed by atoms with Crippen LogP contribution in [0.1, 0.15) is 36.7 Å². The van der Waals surface area contributed by atoms with Gasteiger partial charge in [-0.15, -0.1) is 0 Å². The number of carbonyl (C=O) groups is 2. The summed E-state index contributed by atoms with van der Waals surface area (Å²) < 4.78 is 24.9. The fourth-order valence-electron chi connectivity index (χ4n) is 2.46. The molecule has 0 aliphatic heterocycles. The maximum atomic E-state index is 14.2. The topological polar surface area (TPSA) is 84.9 Å². The Morgan fingerprint density at radius 2 is 1.86 bits per heavy atom. The monoisotopic (exact) mass is 389 g/mol. The van der Waals surface area contributed by atoms with Crippen molar-refractivity contribution in [3.05, 3.63) is 53.3 Å². The number of carbonyl (C=O) groups excluding carboxylic acids is 1. The van der Waals surface area contributed by atoms with Gasteiger partial charge in [0.05, 0.1) is 12.1 Å². The average molecular weight is 389 g/mol. The zero-order valence-corrected chi connectivity index (χ0v) is 16.3. The van der Waals surface area contributed by atoms with Gasteiger partial charge in [-0.05, 0) is 63.6 Å². The third-order valence-electron chi connectivity index (χ3n) is 3.63. The Labute approximate surface area is 163 Å². The molecule has 2 aromatic carbocycles. The Hall–Kier alpha value is -3.09. The van der Waals surface area contributed by atoms with Crippen LogP contribution >= 0.6 is 0 Å². The highest BCUT2D eigenvalue weighted by Crippen LogP contribution is 2.29. The Balaban J connectivity index is 2.12. The number of benzene rings is 2. The number of alkyl carbamates (subject to hydrolysis) is 1. The number of hydrogen-bond acceptors (Lipinski definition) is 4. The van der Waals surface area contributed by atoms with Gasteiger partial charge in [0.25, 0.3) is 0 Å². The van der Waals surface area contributed by atoms with Crippen LogP contribution < -0.4 is 10.1 Å². The summed E-state index contributed by atoms with van der Waals surface area (Å²) in [6, 6.07) is 8.93. The molecule has 0 bridgehead atoms. The number of amides is 1. The van der Waals surface area contributed by atoms with E-state index in [-0.39, 0.29) is 24.5 Å². The van der Waals surface area contributed by atoms with E-state index in [9.17, 15) is 19.1 Å². The first-order chi connectivity index (χ1) is 13.0. The molecule has 0 radical (unpaired) electrons. The van der Waals surface area contributed by atoms with Crippen molar-refractivity contribution < 1.29 is 28.6 Å². The van der Waals surface area contributed by atoms with Gasteiger partial charge >= 0.3 is 12.1 Å². The van der Waals surface area contributed by atoms with Gasteiger partial charge in [-0.3, -0.25) is 0 Å². The number of aryl methyl sites for hydroxylation is 1. The van der Waals surface area contributed by atoms with Crippen LogP contribution in [0.4, 0.5) is 9.18 Å². The second kappa shape index (κ2) is 8.73. The molecular weight excluding hydrogens is 365 g/mol. The lowest BCUT2D eigenvalue weighted by molar-refractivity contribution is 0.0520. The molecule has 2 aromatic rings. The van der Waals surface area contributed by atoms with E-state index >= 15 is 0 Å². The molecule has 0 fully saturated rings. The van der Waals surface area contributed by atoms with Crippen molar-refractivity contribution in [3.63, 3.8) is 0 Å². The molecule has 7 heteroatoms. The normalized spacial score (nSPS) is 11.0. The summed E-state index contributed by atoms with van der Waals surface area (Å²) in [7, 11) is 0. The highest BCUT2D eigenvalue weighted by Gasteiger charge is 2.16. The van der Waals surface area contributed by atoms with Gasteiger partial charge < -0.3 is 19.9 Å². The third-order valence-corrected chi connectivity index (χ3v) is 3.63. The first kappa shape index (κ1) is 21.2. The highest BCUT2D eigenvalue weighted by atomic mass is 19.1. The molecule has 0 aliphatic carbocycles. The first-order valence-corrected chi connectivity index (χ1v) is 8.80. The Morgan fingerprint density at radius 3 is 2.50 bits per heavy atom. The van der Waals surface area contributed by atoms with Gasteiger partial charge in [0.2, 0.25) is 0 Å². The van der Waals surface area contributed by atoms with Gasteiger partial charge in [-0.25, -0.2) is 14.0 Å². The quantitative estimate of drug-likeness (QED) is 0.715. The smallest absolute Gasteiger partial charge is 0.407 e. The maximum Gasteiger partial charge on any atom is 0.407 e. The molecule has 2 N–H and O–H groups in total. The summed E-state index contributed by atoms with van der Waals surface area (Å²) in [5.41, 5.74) is 0.916. The van der Waals surface area contributed by atoms with Gasteiger partial charge in [-0.2, -0.15) is 0 Å². The fourth-order valence-corrected chi connectivity index (χ4v) is 2.46. The van der Waals surface area contributed by atoms with Crippen LogP contribution in [0.2, 0.25) is 0 Å². The predicted octanol–water partition coefficient (Wildman–Crippen LogP) is 4.40. The van der Waals surface area contributed by atoms with E-state index < -0.39 is 23.5 Å². The van der Waals surface area contributed by atoms with E-state index in [0.29, 0.717) is 11.1 Å².